The van der Waals surface area contributed by atoms with Gasteiger partial charge in [0.2, 0.25) is 5.91 Å². The Hall–Kier alpha value is -1.99. The van der Waals surface area contributed by atoms with Crippen molar-refractivity contribution in [2.24, 2.45) is 0 Å². The summed E-state index contributed by atoms with van der Waals surface area (Å²) in [4.78, 5) is 13.4. The SMILES string of the molecule is CCCCCCCCCC/C=C\CCCCCCCCCCCC(=O)NC(COC1OC(CO)C(OC2OC(CO)C(OC3OC(CO)C(O)C(O)C3O)C(O)C2O)C(O)C1O)C(O)/C=C/CC/C=C/CCCCCCCCCCCCCCCCCCCCCCCC. The summed E-state index contributed by atoms with van der Waals surface area (Å²) < 4.78 is 34.4. The van der Waals surface area contributed by atoms with Crippen molar-refractivity contribution in [2.75, 3.05) is 26.4 Å². The van der Waals surface area contributed by atoms with E-state index >= 15 is 0 Å². The molecule has 3 heterocycles. The largest absolute Gasteiger partial charge is 0.394 e. The van der Waals surface area contributed by atoms with Gasteiger partial charge in [0, 0.05) is 6.42 Å². The van der Waals surface area contributed by atoms with Crippen molar-refractivity contribution in [2.45, 2.75) is 407 Å². The van der Waals surface area contributed by atoms with Crippen molar-refractivity contribution in [1.82, 2.24) is 5.32 Å². The lowest BCUT2D eigenvalue weighted by Gasteiger charge is -2.48. The highest BCUT2D eigenvalue weighted by Crippen LogP contribution is 2.33. The van der Waals surface area contributed by atoms with Gasteiger partial charge in [-0.2, -0.15) is 0 Å². The van der Waals surface area contributed by atoms with Gasteiger partial charge < -0.3 is 89.9 Å². The van der Waals surface area contributed by atoms with E-state index in [1.807, 2.05) is 6.08 Å². The minimum atomic E-state index is -1.98. The van der Waals surface area contributed by atoms with E-state index in [4.69, 9.17) is 28.4 Å². The molecule has 3 rings (SSSR count). The molecule has 94 heavy (non-hydrogen) atoms. The number of aliphatic hydroxyl groups is 11. The Balaban J connectivity index is 1.41. The van der Waals surface area contributed by atoms with Gasteiger partial charge in [0.25, 0.3) is 0 Å². The summed E-state index contributed by atoms with van der Waals surface area (Å²) in [6.45, 7) is 1.75. The fourth-order valence-electron chi connectivity index (χ4n) is 13.0. The maximum Gasteiger partial charge on any atom is 0.220 e. The highest BCUT2D eigenvalue weighted by molar-refractivity contribution is 5.76. The fraction of sp³-hybridized carbons (Fsp3) is 0.907. The number of carbonyl (C=O) groups is 1. The Labute approximate surface area is 568 Å². The third-order valence-corrected chi connectivity index (χ3v) is 19.2. The molecule has 3 fully saturated rings. The molecule has 0 spiro atoms. The second-order valence-electron chi connectivity index (χ2n) is 27.5. The fourth-order valence-corrected chi connectivity index (χ4v) is 13.0. The topological polar surface area (TPSA) is 307 Å². The molecule has 17 atom stereocenters. The second kappa shape index (κ2) is 56.7. The van der Waals surface area contributed by atoms with Gasteiger partial charge in [0.1, 0.15) is 73.2 Å². The lowest BCUT2D eigenvalue weighted by atomic mass is 9.96. The number of carbonyl (C=O) groups excluding carboxylic acids is 1. The average molecular weight is 1340 g/mol. The van der Waals surface area contributed by atoms with Gasteiger partial charge in [0.05, 0.1) is 38.6 Å². The molecule has 3 saturated heterocycles. The van der Waals surface area contributed by atoms with Gasteiger partial charge in [-0.15, -0.1) is 0 Å². The predicted molar refractivity (Wildman–Crippen MR) is 369 cm³/mol. The molecule has 0 bridgehead atoms. The van der Waals surface area contributed by atoms with E-state index in [9.17, 15) is 61.0 Å². The molecule has 0 saturated carbocycles. The summed E-state index contributed by atoms with van der Waals surface area (Å²) in [5, 5.41) is 121. The van der Waals surface area contributed by atoms with Gasteiger partial charge in [-0.25, -0.2) is 0 Å². The minimum absolute atomic E-state index is 0.234. The normalized spacial score (nSPS) is 27.5. The monoisotopic (exact) mass is 1340 g/mol. The zero-order chi connectivity index (χ0) is 68.2. The van der Waals surface area contributed by atoms with E-state index in [0.717, 1.165) is 51.4 Å². The molecule has 3 aliphatic rings. The quantitative estimate of drug-likeness (QED) is 0.0199. The molecular formula is C75H139NO18. The first-order valence-corrected chi connectivity index (χ1v) is 38.2. The molecule has 0 aromatic heterocycles. The standard InChI is InChI=1S/C75H139NO18/c1-3-5-7-9-11-13-15-17-19-21-23-25-26-27-28-29-30-31-33-34-36-38-40-42-44-46-48-50-52-59(80)58(76-63(81)53-51-49-47-45-43-41-39-37-35-32-24-22-20-18-16-14-12-10-8-6-4-2)57-89-73-69(87)66(84)71(61(55-78)91-73)94-75-70(88)67(85)72(62(56-79)92-75)93-74-68(86)65(83)64(82)60(54-77)90-74/h22,24,42,44,50,52,58-62,64-75,77-80,82-88H,3-21,23,25-41,43,45-49,51,53-57H2,1-2H3,(H,76,81)/b24-22-,44-42+,52-50+. The zero-order valence-electron chi connectivity index (χ0n) is 58.7. The number of rotatable bonds is 60. The molecule has 19 nitrogen and oxygen atoms in total. The van der Waals surface area contributed by atoms with E-state index in [1.54, 1.807) is 6.08 Å². The number of allylic oxidation sites excluding steroid dienone is 5. The number of amides is 1. The van der Waals surface area contributed by atoms with Gasteiger partial charge in [0.15, 0.2) is 18.9 Å². The summed E-state index contributed by atoms with van der Waals surface area (Å²) in [7, 11) is 0. The molecule has 1 amide bonds. The van der Waals surface area contributed by atoms with E-state index in [2.05, 4.69) is 43.5 Å². The molecule has 12 N–H and O–H groups in total. The molecule has 552 valence electrons. The summed E-state index contributed by atoms with van der Waals surface area (Å²) in [6.07, 6.45) is 41.3. The lowest BCUT2D eigenvalue weighted by Crippen LogP contribution is -2.66. The van der Waals surface area contributed by atoms with E-state index < -0.39 is 124 Å². The van der Waals surface area contributed by atoms with Gasteiger partial charge in [-0.1, -0.05) is 275 Å². The summed E-state index contributed by atoms with van der Waals surface area (Å²) in [5.74, 6) is -0.284. The summed E-state index contributed by atoms with van der Waals surface area (Å²) >= 11 is 0. The number of unbranched alkanes of at least 4 members (excludes halogenated alkanes) is 40. The van der Waals surface area contributed by atoms with Crippen LogP contribution in [0.15, 0.2) is 36.5 Å². The second-order valence-corrected chi connectivity index (χ2v) is 27.5. The van der Waals surface area contributed by atoms with Crippen molar-refractivity contribution in [3.8, 4) is 0 Å². The van der Waals surface area contributed by atoms with Crippen LogP contribution in [0.4, 0.5) is 0 Å². The molecule has 0 radical (unpaired) electrons. The van der Waals surface area contributed by atoms with Gasteiger partial charge in [-0.05, 0) is 57.8 Å². The van der Waals surface area contributed by atoms with Crippen molar-refractivity contribution in [3.05, 3.63) is 36.5 Å². The third kappa shape index (κ3) is 37.4. The maximum atomic E-state index is 13.4. The van der Waals surface area contributed by atoms with Gasteiger partial charge >= 0.3 is 0 Å². The minimum Gasteiger partial charge on any atom is -0.394 e. The highest BCUT2D eigenvalue weighted by atomic mass is 16.8. The Kier molecular flexibility index (Phi) is 52.0. The molecule has 3 aliphatic heterocycles. The van der Waals surface area contributed by atoms with Crippen LogP contribution in [-0.4, -0.2) is 193 Å². The maximum absolute atomic E-state index is 13.4. The smallest absolute Gasteiger partial charge is 0.220 e. The van der Waals surface area contributed by atoms with Crippen LogP contribution >= 0.6 is 0 Å². The number of hydrogen-bond acceptors (Lipinski definition) is 18. The zero-order valence-corrected chi connectivity index (χ0v) is 58.7. The highest BCUT2D eigenvalue weighted by Gasteiger charge is 2.53. The Morgan fingerprint density at radius 3 is 1.06 bits per heavy atom. The first-order chi connectivity index (χ1) is 45.8. The van der Waals surface area contributed by atoms with Crippen molar-refractivity contribution < 1.29 is 89.4 Å². The Morgan fingerprint density at radius 2 is 0.681 bits per heavy atom. The Morgan fingerprint density at radius 1 is 0.372 bits per heavy atom. The average Bonchev–Trinajstić information content (AvgIpc) is 0.787. The van der Waals surface area contributed by atoms with E-state index in [1.165, 1.54) is 218 Å². The van der Waals surface area contributed by atoms with Crippen LogP contribution in [0, 0.1) is 0 Å². The first-order valence-electron chi connectivity index (χ1n) is 38.2. The molecule has 17 unspecified atom stereocenters. The van der Waals surface area contributed by atoms with Crippen LogP contribution in [0.3, 0.4) is 0 Å². The van der Waals surface area contributed by atoms with Crippen LogP contribution in [0.2, 0.25) is 0 Å². The van der Waals surface area contributed by atoms with E-state index in [-0.39, 0.29) is 18.9 Å². The van der Waals surface area contributed by atoms with Crippen LogP contribution in [0.1, 0.15) is 303 Å². The lowest BCUT2D eigenvalue weighted by molar-refractivity contribution is -0.379. The molecule has 0 aromatic carbocycles. The van der Waals surface area contributed by atoms with Crippen molar-refractivity contribution in [1.29, 1.82) is 0 Å². The van der Waals surface area contributed by atoms with Gasteiger partial charge in [-0.3, -0.25) is 4.79 Å². The molecular weight excluding hydrogens is 1200 g/mol. The number of hydrogen-bond donors (Lipinski definition) is 12. The number of ether oxygens (including phenoxy) is 6. The first kappa shape index (κ1) is 86.2. The van der Waals surface area contributed by atoms with E-state index in [0.29, 0.717) is 12.8 Å². The van der Waals surface area contributed by atoms with Crippen LogP contribution in [0.25, 0.3) is 0 Å². The number of nitrogens with one attached hydrogen (secondary N) is 1. The van der Waals surface area contributed by atoms with Crippen LogP contribution in [-0.2, 0) is 33.2 Å². The molecule has 19 heteroatoms. The summed E-state index contributed by atoms with van der Waals surface area (Å²) in [5.41, 5.74) is 0. The Bertz CT molecular complexity index is 1840. The van der Waals surface area contributed by atoms with Crippen molar-refractivity contribution in [3.63, 3.8) is 0 Å². The third-order valence-electron chi connectivity index (χ3n) is 19.2. The van der Waals surface area contributed by atoms with Crippen LogP contribution in [0.5, 0.6) is 0 Å². The predicted octanol–water partition coefficient (Wildman–Crippen LogP) is 11.6. The molecule has 0 aliphatic carbocycles. The van der Waals surface area contributed by atoms with Crippen molar-refractivity contribution >= 4 is 5.91 Å². The number of aliphatic hydroxyl groups excluding tert-OH is 11. The van der Waals surface area contributed by atoms with Crippen LogP contribution < -0.4 is 5.32 Å². The molecule has 0 aromatic rings. The summed E-state index contributed by atoms with van der Waals surface area (Å²) in [6, 6.07) is -0.992.